The Hall–Kier alpha value is -1.67. The van der Waals surface area contributed by atoms with Crippen molar-refractivity contribution in [2.75, 3.05) is 14.1 Å². The van der Waals surface area contributed by atoms with Crippen molar-refractivity contribution < 1.29 is 17.6 Å². The third-order valence-electron chi connectivity index (χ3n) is 3.76. The lowest BCUT2D eigenvalue weighted by Gasteiger charge is -2.16. The number of rotatable bonds is 5. The molecule has 1 unspecified atom stereocenters. The SMILES string of the molecule is CC(NC(=O)c1cc(F)c(Cl)cc1Cl)c1ccc(S(=O)(=O)N(C)C)cc1. The Balaban J connectivity index is 2.19. The second-order valence-corrected chi connectivity index (χ2v) is 8.76. The Kier molecular flexibility index (Phi) is 6.29. The molecular weight excluding hydrogens is 402 g/mol. The zero-order valence-electron chi connectivity index (χ0n) is 14.3. The largest absolute Gasteiger partial charge is 0.345 e. The molecule has 0 aliphatic carbocycles. The van der Waals surface area contributed by atoms with Crippen molar-refractivity contribution in [2.45, 2.75) is 17.9 Å². The van der Waals surface area contributed by atoms with E-state index in [2.05, 4.69) is 5.32 Å². The Morgan fingerprint density at radius 2 is 1.69 bits per heavy atom. The molecular formula is C17H17Cl2FN2O3S. The molecule has 0 fully saturated rings. The van der Waals surface area contributed by atoms with E-state index in [0.29, 0.717) is 5.56 Å². The van der Waals surface area contributed by atoms with Gasteiger partial charge in [0.25, 0.3) is 5.91 Å². The molecule has 0 radical (unpaired) electrons. The minimum atomic E-state index is -3.53. The maximum atomic E-state index is 13.6. The van der Waals surface area contributed by atoms with Gasteiger partial charge in [-0.2, -0.15) is 0 Å². The van der Waals surface area contributed by atoms with E-state index in [1.54, 1.807) is 19.1 Å². The molecule has 0 saturated heterocycles. The highest BCUT2D eigenvalue weighted by Gasteiger charge is 2.19. The molecule has 0 aromatic heterocycles. The van der Waals surface area contributed by atoms with Crippen LogP contribution in [0.1, 0.15) is 28.9 Å². The van der Waals surface area contributed by atoms with Crippen molar-refractivity contribution in [1.82, 2.24) is 9.62 Å². The second-order valence-electron chi connectivity index (χ2n) is 5.80. The number of nitrogens with zero attached hydrogens (tertiary/aromatic N) is 1. The van der Waals surface area contributed by atoms with Gasteiger partial charge >= 0.3 is 0 Å². The zero-order chi connectivity index (χ0) is 19.6. The van der Waals surface area contributed by atoms with Crippen molar-refractivity contribution in [2.24, 2.45) is 0 Å². The third kappa shape index (κ3) is 4.35. The summed E-state index contributed by atoms with van der Waals surface area (Å²) in [5.74, 6) is -1.31. The summed E-state index contributed by atoms with van der Waals surface area (Å²) in [5, 5.41) is 2.55. The molecule has 2 aromatic rings. The standard InChI is InChI=1S/C17H17Cl2FN2O3S/c1-10(11-4-6-12(7-5-11)26(24,25)22(2)3)21-17(23)13-8-16(20)15(19)9-14(13)18/h4-10H,1-3H3,(H,21,23). The Bertz CT molecular complexity index is 932. The lowest BCUT2D eigenvalue weighted by molar-refractivity contribution is 0.0939. The topological polar surface area (TPSA) is 66.5 Å². The fraction of sp³-hybridized carbons (Fsp3) is 0.235. The molecule has 1 atom stereocenters. The molecule has 2 aromatic carbocycles. The van der Waals surface area contributed by atoms with Crippen LogP contribution in [-0.4, -0.2) is 32.7 Å². The summed E-state index contributed by atoms with van der Waals surface area (Å²) in [7, 11) is -0.634. The van der Waals surface area contributed by atoms with Gasteiger partial charge in [0.15, 0.2) is 0 Å². The highest BCUT2D eigenvalue weighted by atomic mass is 35.5. The number of hydrogen-bond acceptors (Lipinski definition) is 3. The minimum absolute atomic E-state index is 0.0350. The highest BCUT2D eigenvalue weighted by molar-refractivity contribution is 7.89. The van der Waals surface area contributed by atoms with Gasteiger partial charge in [-0.1, -0.05) is 35.3 Å². The van der Waals surface area contributed by atoms with Crippen molar-refractivity contribution in [3.8, 4) is 0 Å². The van der Waals surface area contributed by atoms with E-state index < -0.39 is 27.8 Å². The van der Waals surface area contributed by atoms with Crippen LogP contribution in [0.2, 0.25) is 10.0 Å². The molecule has 9 heteroatoms. The van der Waals surface area contributed by atoms with Crippen LogP contribution in [-0.2, 0) is 10.0 Å². The van der Waals surface area contributed by atoms with Crippen molar-refractivity contribution in [1.29, 1.82) is 0 Å². The van der Waals surface area contributed by atoms with Crippen LogP contribution in [0.25, 0.3) is 0 Å². The number of sulfonamides is 1. The van der Waals surface area contributed by atoms with Crippen molar-refractivity contribution >= 4 is 39.1 Å². The minimum Gasteiger partial charge on any atom is -0.345 e. The summed E-state index contributed by atoms with van der Waals surface area (Å²) in [6.07, 6.45) is 0. The van der Waals surface area contributed by atoms with Crippen LogP contribution in [0.15, 0.2) is 41.3 Å². The van der Waals surface area contributed by atoms with E-state index in [1.165, 1.54) is 32.3 Å². The molecule has 0 saturated carbocycles. The van der Waals surface area contributed by atoms with Gasteiger partial charge in [-0.15, -0.1) is 0 Å². The lowest BCUT2D eigenvalue weighted by atomic mass is 10.1. The normalized spacial score (nSPS) is 12.9. The predicted octanol–water partition coefficient (Wildman–Crippen LogP) is 3.87. The van der Waals surface area contributed by atoms with Gasteiger partial charge < -0.3 is 5.32 Å². The molecule has 2 rings (SSSR count). The molecule has 1 amide bonds. The van der Waals surface area contributed by atoms with E-state index in [1.807, 2.05) is 0 Å². The van der Waals surface area contributed by atoms with Gasteiger partial charge in [-0.05, 0) is 36.8 Å². The maximum Gasteiger partial charge on any atom is 0.253 e. The Morgan fingerprint density at radius 1 is 1.12 bits per heavy atom. The highest BCUT2D eigenvalue weighted by Crippen LogP contribution is 2.25. The number of carbonyl (C=O) groups is 1. The number of carbonyl (C=O) groups excluding carboxylic acids is 1. The number of halogens is 3. The van der Waals surface area contributed by atoms with Gasteiger partial charge in [0.05, 0.1) is 26.5 Å². The molecule has 0 heterocycles. The Labute approximate surface area is 161 Å². The van der Waals surface area contributed by atoms with Crippen LogP contribution >= 0.6 is 23.2 Å². The number of benzene rings is 2. The van der Waals surface area contributed by atoms with Gasteiger partial charge in [-0.25, -0.2) is 17.1 Å². The van der Waals surface area contributed by atoms with Crippen LogP contribution in [0.4, 0.5) is 4.39 Å². The van der Waals surface area contributed by atoms with E-state index in [4.69, 9.17) is 23.2 Å². The van der Waals surface area contributed by atoms with Gasteiger partial charge in [-0.3, -0.25) is 4.79 Å². The van der Waals surface area contributed by atoms with Crippen LogP contribution in [0.5, 0.6) is 0 Å². The third-order valence-corrected chi connectivity index (χ3v) is 6.19. The summed E-state index contributed by atoms with van der Waals surface area (Å²) < 4.78 is 38.8. The van der Waals surface area contributed by atoms with Gasteiger partial charge in [0, 0.05) is 14.1 Å². The average Bonchev–Trinajstić information content (AvgIpc) is 2.57. The summed E-state index contributed by atoms with van der Waals surface area (Å²) >= 11 is 11.6. The van der Waals surface area contributed by atoms with Crippen LogP contribution in [0.3, 0.4) is 0 Å². The zero-order valence-corrected chi connectivity index (χ0v) is 16.6. The molecule has 1 N–H and O–H groups in total. The molecule has 0 bridgehead atoms. The average molecular weight is 419 g/mol. The van der Waals surface area contributed by atoms with E-state index >= 15 is 0 Å². The Morgan fingerprint density at radius 3 is 2.23 bits per heavy atom. The number of amides is 1. The maximum absolute atomic E-state index is 13.6. The molecule has 140 valence electrons. The lowest BCUT2D eigenvalue weighted by Crippen LogP contribution is -2.27. The predicted molar refractivity (Wildman–Crippen MR) is 99.6 cm³/mol. The monoisotopic (exact) mass is 418 g/mol. The van der Waals surface area contributed by atoms with Crippen molar-refractivity contribution in [3.63, 3.8) is 0 Å². The van der Waals surface area contributed by atoms with E-state index in [9.17, 15) is 17.6 Å². The summed E-state index contributed by atoms with van der Waals surface area (Å²) in [4.78, 5) is 12.5. The molecule has 0 spiro atoms. The first-order chi connectivity index (χ1) is 12.0. The quantitative estimate of drug-likeness (QED) is 0.749. The molecule has 5 nitrogen and oxygen atoms in total. The van der Waals surface area contributed by atoms with Crippen LogP contribution < -0.4 is 5.32 Å². The van der Waals surface area contributed by atoms with Crippen molar-refractivity contribution in [3.05, 3.63) is 63.4 Å². The first kappa shape index (κ1) is 20.6. The summed E-state index contributed by atoms with van der Waals surface area (Å²) in [5.41, 5.74) is 0.647. The molecule has 0 aliphatic heterocycles. The molecule has 0 aliphatic rings. The summed E-state index contributed by atoms with van der Waals surface area (Å²) in [6.45, 7) is 1.72. The second kappa shape index (κ2) is 7.92. The first-order valence-electron chi connectivity index (χ1n) is 7.52. The first-order valence-corrected chi connectivity index (χ1v) is 9.71. The smallest absolute Gasteiger partial charge is 0.253 e. The number of hydrogen-bond donors (Lipinski definition) is 1. The number of nitrogens with one attached hydrogen (secondary N) is 1. The van der Waals surface area contributed by atoms with E-state index in [0.717, 1.165) is 10.4 Å². The van der Waals surface area contributed by atoms with E-state index in [-0.39, 0.29) is 20.5 Å². The fourth-order valence-electron chi connectivity index (χ4n) is 2.19. The molecule has 26 heavy (non-hydrogen) atoms. The fourth-order valence-corrected chi connectivity index (χ4v) is 3.56. The van der Waals surface area contributed by atoms with Crippen LogP contribution in [0, 0.1) is 5.82 Å². The van der Waals surface area contributed by atoms with Gasteiger partial charge in [0.1, 0.15) is 5.82 Å². The summed E-state index contributed by atoms with van der Waals surface area (Å²) in [6, 6.07) is 7.81. The van der Waals surface area contributed by atoms with Gasteiger partial charge in [0.2, 0.25) is 10.0 Å².